The number of amides is 1. The Bertz CT molecular complexity index is 303. The SMILES string of the molecule is CC(C)(C)OC(=O)N1CC=C2OCCC21. The molecule has 2 rings (SSSR count). The number of carbonyl (C=O) groups excluding carboxylic acids is 1. The number of fused-ring (bicyclic) bond motifs is 1. The predicted molar refractivity (Wildman–Crippen MR) is 55.4 cm³/mol. The second-order valence-corrected chi connectivity index (χ2v) is 4.89. The fourth-order valence-corrected chi connectivity index (χ4v) is 1.87. The van der Waals surface area contributed by atoms with Crippen LogP contribution in [0.3, 0.4) is 0 Å². The van der Waals surface area contributed by atoms with Gasteiger partial charge in [0.25, 0.3) is 0 Å². The summed E-state index contributed by atoms with van der Waals surface area (Å²) in [5.41, 5.74) is -0.431. The maximum atomic E-state index is 11.8. The topological polar surface area (TPSA) is 38.8 Å². The molecule has 0 aliphatic carbocycles. The number of nitrogens with zero attached hydrogens (tertiary/aromatic N) is 1. The van der Waals surface area contributed by atoms with Gasteiger partial charge in [0.05, 0.1) is 12.6 Å². The van der Waals surface area contributed by atoms with Crippen LogP contribution in [-0.4, -0.2) is 35.8 Å². The molecule has 0 aromatic carbocycles. The van der Waals surface area contributed by atoms with Crippen LogP contribution in [0.25, 0.3) is 0 Å². The van der Waals surface area contributed by atoms with E-state index in [1.807, 2.05) is 26.8 Å². The zero-order chi connectivity index (χ0) is 11.1. The fourth-order valence-electron chi connectivity index (χ4n) is 1.87. The highest BCUT2D eigenvalue weighted by Crippen LogP contribution is 2.29. The smallest absolute Gasteiger partial charge is 0.411 e. The third-order valence-electron chi connectivity index (χ3n) is 2.48. The van der Waals surface area contributed by atoms with Crippen molar-refractivity contribution in [1.82, 2.24) is 4.90 Å². The minimum absolute atomic E-state index is 0.111. The summed E-state index contributed by atoms with van der Waals surface area (Å²) in [6, 6.07) is 0.111. The molecule has 0 spiro atoms. The summed E-state index contributed by atoms with van der Waals surface area (Å²) in [6.45, 7) is 6.94. The standard InChI is InChI=1S/C11H17NO3/c1-11(2,3)15-10(13)12-6-4-9-8(12)5-7-14-9/h4,8H,5-7H2,1-3H3. The maximum absolute atomic E-state index is 11.8. The van der Waals surface area contributed by atoms with Crippen molar-refractivity contribution in [2.45, 2.75) is 38.8 Å². The van der Waals surface area contributed by atoms with Crippen LogP contribution in [0.4, 0.5) is 4.79 Å². The fraction of sp³-hybridized carbons (Fsp3) is 0.727. The molecular weight excluding hydrogens is 194 g/mol. The zero-order valence-electron chi connectivity index (χ0n) is 9.45. The molecule has 0 saturated carbocycles. The number of carbonyl (C=O) groups is 1. The van der Waals surface area contributed by atoms with Gasteiger partial charge in [0.15, 0.2) is 0 Å². The van der Waals surface area contributed by atoms with Crippen LogP contribution < -0.4 is 0 Å². The summed E-state index contributed by atoms with van der Waals surface area (Å²) in [5.74, 6) is 0.931. The third kappa shape index (κ3) is 2.08. The van der Waals surface area contributed by atoms with Gasteiger partial charge in [0.1, 0.15) is 11.4 Å². The van der Waals surface area contributed by atoms with Gasteiger partial charge in [-0.25, -0.2) is 4.79 Å². The van der Waals surface area contributed by atoms with Gasteiger partial charge in [0.2, 0.25) is 0 Å². The van der Waals surface area contributed by atoms with E-state index >= 15 is 0 Å². The van der Waals surface area contributed by atoms with E-state index in [0.717, 1.165) is 12.2 Å². The van der Waals surface area contributed by atoms with E-state index < -0.39 is 5.60 Å². The quantitative estimate of drug-likeness (QED) is 0.614. The van der Waals surface area contributed by atoms with Gasteiger partial charge in [-0.2, -0.15) is 0 Å². The molecule has 0 N–H and O–H groups in total. The first-order valence-corrected chi connectivity index (χ1v) is 5.30. The van der Waals surface area contributed by atoms with Gasteiger partial charge in [-0.15, -0.1) is 0 Å². The number of hydrogen-bond acceptors (Lipinski definition) is 3. The highest BCUT2D eigenvalue weighted by molar-refractivity contribution is 5.70. The Kier molecular flexibility index (Phi) is 2.37. The first kappa shape index (κ1) is 10.3. The molecule has 4 nitrogen and oxygen atoms in total. The van der Waals surface area contributed by atoms with E-state index in [4.69, 9.17) is 9.47 Å². The Hall–Kier alpha value is -1.19. The highest BCUT2D eigenvalue weighted by atomic mass is 16.6. The molecule has 0 aromatic rings. The van der Waals surface area contributed by atoms with Gasteiger partial charge in [0, 0.05) is 13.0 Å². The first-order valence-electron chi connectivity index (χ1n) is 5.30. The van der Waals surface area contributed by atoms with Gasteiger partial charge < -0.3 is 9.47 Å². The minimum Gasteiger partial charge on any atom is -0.496 e. The molecule has 0 radical (unpaired) electrons. The summed E-state index contributed by atoms with van der Waals surface area (Å²) in [7, 11) is 0. The molecule has 1 unspecified atom stereocenters. The lowest BCUT2D eigenvalue weighted by Gasteiger charge is -2.27. The molecule has 84 valence electrons. The van der Waals surface area contributed by atoms with E-state index in [9.17, 15) is 4.79 Å². The second kappa shape index (κ2) is 3.43. The van der Waals surface area contributed by atoms with Crippen molar-refractivity contribution in [3.8, 4) is 0 Å². The lowest BCUT2D eigenvalue weighted by Crippen LogP contribution is -2.40. The van der Waals surface area contributed by atoms with Crippen molar-refractivity contribution in [3.05, 3.63) is 11.8 Å². The van der Waals surface area contributed by atoms with Crippen molar-refractivity contribution in [3.63, 3.8) is 0 Å². The van der Waals surface area contributed by atoms with Crippen molar-refractivity contribution in [2.75, 3.05) is 13.2 Å². The number of hydrogen-bond donors (Lipinski definition) is 0. The molecule has 2 heterocycles. The summed E-state index contributed by atoms with van der Waals surface area (Å²) >= 11 is 0. The van der Waals surface area contributed by atoms with Crippen molar-refractivity contribution in [2.24, 2.45) is 0 Å². The van der Waals surface area contributed by atoms with Crippen LogP contribution in [-0.2, 0) is 9.47 Å². The van der Waals surface area contributed by atoms with E-state index in [1.165, 1.54) is 0 Å². The van der Waals surface area contributed by atoms with E-state index in [0.29, 0.717) is 13.2 Å². The Labute approximate surface area is 89.8 Å². The van der Waals surface area contributed by atoms with Crippen molar-refractivity contribution in [1.29, 1.82) is 0 Å². The van der Waals surface area contributed by atoms with Crippen molar-refractivity contribution < 1.29 is 14.3 Å². The Balaban J connectivity index is 1.99. The van der Waals surface area contributed by atoms with E-state index in [-0.39, 0.29) is 12.1 Å². The summed E-state index contributed by atoms with van der Waals surface area (Å²) in [6.07, 6.45) is 2.59. The summed E-state index contributed by atoms with van der Waals surface area (Å²) in [5, 5.41) is 0. The van der Waals surface area contributed by atoms with Crippen LogP contribution in [0.2, 0.25) is 0 Å². The van der Waals surface area contributed by atoms with Crippen LogP contribution in [0, 0.1) is 0 Å². The molecular formula is C11H17NO3. The molecule has 2 aliphatic heterocycles. The number of ether oxygens (including phenoxy) is 2. The van der Waals surface area contributed by atoms with Gasteiger partial charge in [-0.05, 0) is 26.8 Å². The molecule has 4 heteroatoms. The predicted octanol–water partition coefficient (Wildman–Crippen LogP) is 1.91. The molecule has 1 saturated heterocycles. The Morgan fingerprint density at radius 3 is 3.00 bits per heavy atom. The lowest BCUT2D eigenvalue weighted by molar-refractivity contribution is 0.0238. The molecule has 15 heavy (non-hydrogen) atoms. The highest BCUT2D eigenvalue weighted by Gasteiger charge is 2.37. The monoisotopic (exact) mass is 211 g/mol. The van der Waals surface area contributed by atoms with E-state index in [2.05, 4.69) is 0 Å². The van der Waals surface area contributed by atoms with Gasteiger partial charge in [-0.1, -0.05) is 0 Å². The largest absolute Gasteiger partial charge is 0.496 e. The molecule has 1 fully saturated rings. The van der Waals surface area contributed by atoms with Crippen LogP contribution in [0.5, 0.6) is 0 Å². The molecule has 1 amide bonds. The Morgan fingerprint density at radius 2 is 2.33 bits per heavy atom. The average molecular weight is 211 g/mol. The maximum Gasteiger partial charge on any atom is 0.411 e. The average Bonchev–Trinajstić information content (AvgIpc) is 2.57. The second-order valence-electron chi connectivity index (χ2n) is 4.89. The third-order valence-corrected chi connectivity index (χ3v) is 2.48. The molecule has 0 aromatic heterocycles. The van der Waals surface area contributed by atoms with Crippen LogP contribution in [0.1, 0.15) is 27.2 Å². The number of rotatable bonds is 0. The Morgan fingerprint density at radius 1 is 1.60 bits per heavy atom. The summed E-state index contributed by atoms with van der Waals surface area (Å²) < 4.78 is 10.7. The summed E-state index contributed by atoms with van der Waals surface area (Å²) in [4.78, 5) is 13.5. The lowest BCUT2D eigenvalue weighted by atomic mass is 10.2. The normalized spacial score (nSPS) is 24.6. The molecule has 0 bridgehead atoms. The van der Waals surface area contributed by atoms with Crippen molar-refractivity contribution >= 4 is 6.09 Å². The first-order chi connectivity index (χ1) is 6.97. The minimum atomic E-state index is -0.431. The zero-order valence-corrected chi connectivity index (χ0v) is 9.45. The molecule has 1 atom stereocenters. The molecule has 2 aliphatic rings. The van der Waals surface area contributed by atoms with Gasteiger partial charge in [-0.3, -0.25) is 4.90 Å². The van der Waals surface area contributed by atoms with Crippen LogP contribution in [0.15, 0.2) is 11.8 Å². The van der Waals surface area contributed by atoms with Gasteiger partial charge >= 0.3 is 6.09 Å². The van der Waals surface area contributed by atoms with E-state index in [1.54, 1.807) is 4.90 Å². The van der Waals surface area contributed by atoms with Crippen LogP contribution >= 0.6 is 0 Å².